The van der Waals surface area contributed by atoms with Crippen molar-refractivity contribution >= 4 is 23.4 Å². The molecule has 2 unspecified atom stereocenters. The number of carbonyl (C=O) groups excluding carboxylic acids is 1. The van der Waals surface area contributed by atoms with E-state index in [1.54, 1.807) is 6.07 Å². The second-order valence-corrected chi connectivity index (χ2v) is 10.9. The van der Waals surface area contributed by atoms with Gasteiger partial charge in [-0.15, -0.1) is 0 Å². The lowest BCUT2D eigenvalue weighted by molar-refractivity contribution is -0.137. The van der Waals surface area contributed by atoms with Gasteiger partial charge in [-0.2, -0.15) is 18.2 Å². The lowest BCUT2D eigenvalue weighted by atomic mass is 10.0. The smallest absolute Gasteiger partial charge is 0.378 e. The van der Waals surface area contributed by atoms with Crippen molar-refractivity contribution in [1.29, 1.82) is 0 Å². The van der Waals surface area contributed by atoms with E-state index in [9.17, 15) is 18.0 Å². The predicted octanol–water partition coefficient (Wildman–Crippen LogP) is 5.17. The Morgan fingerprint density at radius 1 is 1.02 bits per heavy atom. The molecule has 216 valence electrons. The Hall–Kier alpha value is -3.70. The third-order valence-electron chi connectivity index (χ3n) is 7.94. The zero-order valence-electron chi connectivity index (χ0n) is 22.8. The minimum atomic E-state index is -4.53. The number of rotatable bonds is 5. The summed E-state index contributed by atoms with van der Waals surface area (Å²) in [5, 5.41) is 2.75. The lowest BCUT2D eigenvalue weighted by Gasteiger charge is -2.30. The molecule has 0 radical (unpaired) electrons. The Morgan fingerprint density at radius 3 is 2.66 bits per heavy atom. The molecule has 4 heterocycles. The maximum Gasteiger partial charge on any atom is 0.416 e. The molecule has 1 aromatic heterocycles. The fourth-order valence-electron chi connectivity index (χ4n) is 5.63. The molecule has 3 aromatic rings. The molecule has 11 heteroatoms. The van der Waals surface area contributed by atoms with Crippen LogP contribution in [-0.2, 0) is 15.7 Å². The van der Waals surface area contributed by atoms with Crippen LogP contribution >= 0.6 is 0 Å². The Bertz CT molecular complexity index is 1430. The summed E-state index contributed by atoms with van der Waals surface area (Å²) >= 11 is 0. The number of alkyl halides is 3. The number of hydrogen-bond donors (Lipinski definition) is 1. The van der Waals surface area contributed by atoms with Gasteiger partial charge in [-0.25, -0.2) is 4.98 Å². The molecule has 0 spiro atoms. The Morgan fingerprint density at radius 2 is 1.85 bits per heavy atom. The van der Waals surface area contributed by atoms with Gasteiger partial charge in [0, 0.05) is 49.1 Å². The third kappa shape index (κ3) is 6.15. The summed E-state index contributed by atoms with van der Waals surface area (Å²) in [6.45, 7) is 7.00. The zero-order valence-corrected chi connectivity index (χ0v) is 22.8. The highest BCUT2D eigenvalue weighted by Gasteiger charge is 2.33. The number of aryl methyl sites for hydroxylation is 1. The number of nitrogens with one attached hydrogen (secondary N) is 1. The summed E-state index contributed by atoms with van der Waals surface area (Å²) < 4.78 is 51.1. The minimum absolute atomic E-state index is 0.0708. The summed E-state index contributed by atoms with van der Waals surface area (Å²) in [6.07, 6.45) is -2.24. The summed E-state index contributed by atoms with van der Waals surface area (Å²) in [7, 11) is 0. The van der Waals surface area contributed by atoms with E-state index in [1.165, 1.54) is 12.1 Å². The topological polar surface area (TPSA) is 79.8 Å². The molecular formula is C30H32F3N5O3. The summed E-state index contributed by atoms with van der Waals surface area (Å²) in [5.74, 6) is 1.40. The van der Waals surface area contributed by atoms with Crippen LogP contribution in [0.25, 0.3) is 11.3 Å². The molecule has 3 aliphatic heterocycles. The number of nitrogens with zero attached hydrogens (tertiary/aromatic N) is 4. The molecule has 1 N–H and O–H groups in total. The predicted molar refractivity (Wildman–Crippen MR) is 149 cm³/mol. The highest BCUT2D eigenvalue weighted by molar-refractivity contribution is 6.04. The first-order valence-electron chi connectivity index (χ1n) is 13.9. The van der Waals surface area contributed by atoms with Crippen LogP contribution in [0.1, 0.15) is 34.3 Å². The van der Waals surface area contributed by atoms with Crippen LogP contribution in [0.5, 0.6) is 0 Å². The monoisotopic (exact) mass is 567 g/mol. The van der Waals surface area contributed by atoms with Crippen molar-refractivity contribution in [2.75, 3.05) is 61.1 Å². The van der Waals surface area contributed by atoms with Gasteiger partial charge in [0.05, 0.1) is 37.2 Å². The third-order valence-corrected chi connectivity index (χ3v) is 7.94. The molecule has 3 aliphatic rings. The van der Waals surface area contributed by atoms with E-state index >= 15 is 0 Å². The lowest BCUT2D eigenvalue weighted by Crippen LogP contribution is -2.38. The highest BCUT2D eigenvalue weighted by Crippen LogP contribution is 2.34. The fourth-order valence-corrected chi connectivity index (χ4v) is 5.63. The second-order valence-electron chi connectivity index (χ2n) is 10.9. The van der Waals surface area contributed by atoms with Crippen LogP contribution in [0, 0.1) is 12.8 Å². The number of halogens is 3. The molecule has 6 rings (SSSR count). The first-order chi connectivity index (χ1) is 19.7. The maximum absolute atomic E-state index is 13.2. The Labute approximate surface area is 236 Å². The molecule has 3 saturated heterocycles. The fraction of sp³-hybridized carbons (Fsp3) is 0.433. The zero-order chi connectivity index (χ0) is 28.6. The van der Waals surface area contributed by atoms with E-state index in [4.69, 9.17) is 19.4 Å². The van der Waals surface area contributed by atoms with Crippen molar-refractivity contribution in [1.82, 2.24) is 9.97 Å². The summed E-state index contributed by atoms with van der Waals surface area (Å²) in [6, 6.07) is 11.8. The molecule has 2 bridgehead atoms. The van der Waals surface area contributed by atoms with Crippen molar-refractivity contribution in [3.8, 4) is 11.3 Å². The molecule has 41 heavy (non-hydrogen) atoms. The highest BCUT2D eigenvalue weighted by atomic mass is 19.4. The first kappa shape index (κ1) is 27.5. The van der Waals surface area contributed by atoms with Crippen molar-refractivity contribution in [2.45, 2.75) is 32.0 Å². The van der Waals surface area contributed by atoms with E-state index in [2.05, 4.69) is 15.1 Å². The summed E-state index contributed by atoms with van der Waals surface area (Å²) in [4.78, 5) is 27.2. The van der Waals surface area contributed by atoms with Crippen LogP contribution < -0.4 is 15.1 Å². The Balaban J connectivity index is 1.32. The van der Waals surface area contributed by atoms with Gasteiger partial charge in [-0.1, -0.05) is 12.1 Å². The van der Waals surface area contributed by atoms with Crippen molar-refractivity contribution in [3.63, 3.8) is 0 Å². The number of benzene rings is 2. The van der Waals surface area contributed by atoms with Gasteiger partial charge in [0.25, 0.3) is 5.91 Å². The molecule has 1 amide bonds. The second kappa shape index (κ2) is 11.3. The van der Waals surface area contributed by atoms with E-state index in [1.807, 2.05) is 25.1 Å². The normalized spacial score (nSPS) is 21.1. The van der Waals surface area contributed by atoms with Crippen LogP contribution in [0.15, 0.2) is 48.5 Å². The minimum Gasteiger partial charge on any atom is -0.378 e. The number of anilines is 3. The number of hydrogen-bond acceptors (Lipinski definition) is 7. The average Bonchev–Trinajstić information content (AvgIpc) is 3.31. The van der Waals surface area contributed by atoms with Crippen molar-refractivity contribution in [3.05, 3.63) is 65.2 Å². The molecule has 2 atom stereocenters. The number of ether oxygens (including phenoxy) is 2. The SMILES string of the molecule is Cc1ccc(NC(=O)c2cccc(C(F)(F)F)c2)cc1-c1cc(N2CCC3COC(C3)C2)nc(N2CCOCC2)n1. The molecular weight excluding hydrogens is 535 g/mol. The van der Waals surface area contributed by atoms with E-state index in [0.29, 0.717) is 49.6 Å². The van der Waals surface area contributed by atoms with E-state index < -0.39 is 17.6 Å². The van der Waals surface area contributed by atoms with Gasteiger partial charge in [0.15, 0.2) is 0 Å². The van der Waals surface area contributed by atoms with Gasteiger partial charge >= 0.3 is 6.18 Å². The summed E-state index contributed by atoms with van der Waals surface area (Å²) in [5.41, 5.74) is 1.97. The molecule has 3 fully saturated rings. The van der Waals surface area contributed by atoms with Crippen LogP contribution in [0.2, 0.25) is 0 Å². The molecule has 2 aromatic carbocycles. The van der Waals surface area contributed by atoms with Gasteiger partial charge in [0.1, 0.15) is 5.82 Å². The number of fused-ring (bicyclic) bond motifs is 2. The van der Waals surface area contributed by atoms with Gasteiger partial charge in [0.2, 0.25) is 5.95 Å². The number of morpholine rings is 1. The average molecular weight is 568 g/mol. The quantitative estimate of drug-likeness (QED) is 0.456. The number of amides is 1. The van der Waals surface area contributed by atoms with Gasteiger partial charge in [-0.05, 0) is 61.6 Å². The largest absolute Gasteiger partial charge is 0.416 e. The van der Waals surface area contributed by atoms with Gasteiger partial charge < -0.3 is 24.6 Å². The van der Waals surface area contributed by atoms with Gasteiger partial charge in [-0.3, -0.25) is 4.79 Å². The number of aromatic nitrogens is 2. The standard InChI is InChI=1S/C30H32F3N5O3/c1-19-5-6-23(34-28(39)21-3-2-4-22(14-21)30(31,32)33)15-25(19)26-16-27(36-29(35-26)37-9-11-40-12-10-37)38-8-7-20-13-24(17-38)41-18-20/h2-6,14-16,20,24H,7-13,17-18H2,1H3,(H,34,39). The van der Waals surface area contributed by atoms with E-state index in [0.717, 1.165) is 61.6 Å². The van der Waals surface area contributed by atoms with Crippen LogP contribution in [0.3, 0.4) is 0 Å². The first-order valence-corrected chi connectivity index (χ1v) is 13.9. The van der Waals surface area contributed by atoms with Crippen LogP contribution in [-0.4, -0.2) is 68.0 Å². The van der Waals surface area contributed by atoms with Crippen LogP contribution in [0.4, 0.5) is 30.6 Å². The molecule has 8 nitrogen and oxygen atoms in total. The molecule has 0 saturated carbocycles. The van der Waals surface area contributed by atoms with E-state index in [-0.39, 0.29) is 11.7 Å². The number of carbonyl (C=O) groups is 1. The molecule has 0 aliphatic carbocycles. The van der Waals surface area contributed by atoms with Crippen molar-refractivity contribution in [2.24, 2.45) is 5.92 Å². The Kier molecular flexibility index (Phi) is 7.56. The maximum atomic E-state index is 13.2. The van der Waals surface area contributed by atoms with Crippen molar-refractivity contribution < 1.29 is 27.4 Å².